The van der Waals surface area contributed by atoms with Crippen LogP contribution >= 0.6 is 0 Å². The standard InChI is InChI=1S/C17H24N2O8/c1-25-16-15(23)13(14(22)11(8-20)27-16)19-12(21)7-18-17(24)26-9-10-5-3-2-4-6-10/h2-6,11,13-16,20,22-23H,7-9H2,1H3,(H,18,24)(H,19,21)/t11-,13+,14+,15+,16-/m0/s1. The highest BCUT2D eigenvalue weighted by Gasteiger charge is 2.45. The number of hydrogen-bond acceptors (Lipinski definition) is 8. The molecule has 1 aliphatic heterocycles. The van der Waals surface area contributed by atoms with Crippen molar-refractivity contribution in [3.8, 4) is 0 Å². The zero-order valence-electron chi connectivity index (χ0n) is 14.8. The topological polar surface area (TPSA) is 147 Å². The third-order valence-electron chi connectivity index (χ3n) is 4.05. The van der Waals surface area contributed by atoms with Gasteiger partial charge in [-0.3, -0.25) is 4.79 Å². The molecule has 1 aromatic rings. The highest BCUT2D eigenvalue weighted by molar-refractivity contribution is 5.82. The highest BCUT2D eigenvalue weighted by atomic mass is 16.7. The molecule has 0 aromatic heterocycles. The van der Waals surface area contributed by atoms with E-state index in [1.165, 1.54) is 7.11 Å². The maximum absolute atomic E-state index is 12.0. The van der Waals surface area contributed by atoms with Gasteiger partial charge < -0.3 is 40.2 Å². The zero-order chi connectivity index (χ0) is 19.8. The van der Waals surface area contributed by atoms with E-state index in [1.807, 2.05) is 18.2 Å². The number of alkyl carbamates (subject to hydrolysis) is 1. The van der Waals surface area contributed by atoms with Gasteiger partial charge in [0.05, 0.1) is 12.6 Å². The SMILES string of the molecule is CO[C@H]1O[C@@H](CO)[C@@H](O)[C@@H](NC(=O)CNC(=O)OCc2ccccc2)[C@H]1O. The zero-order valence-corrected chi connectivity index (χ0v) is 14.8. The van der Waals surface area contributed by atoms with Crippen molar-refractivity contribution in [3.05, 3.63) is 35.9 Å². The van der Waals surface area contributed by atoms with Crippen LogP contribution in [0.15, 0.2) is 30.3 Å². The first-order valence-corrected chi connectivity index (χ1v) is 8.35. The number of amides is 2. The van der Waals surface area contributed by atoms with Crippen LogP contribution in [0.5, 0.6) is 0 Å². The summed E-state index contributed by atoms with van der Waals surface area (Å²) < 4.78 is 15.1. The van der Waals surface area contributed by atoms with E-state index in [0.717, 1.165) is 5.56 Å². The van der Waals surface area contributed by atoms with Gasteiger partial charge in [-0.1, -0.05) is 30.3 Å². The lowest BCUT2D eigenvalue weighted by molar-refractivity contribution is -0.271. The first kappa shape index (κ1) is 21.1. The molecule has 0 unspecified atom stereocenters. The Morgan fingerprint density at radius 2 is 1.89 bits per heavy atom. The Morgan fingerprint density at radius 1 is 1.19 bits per heavy atom. The van der Waals surface area contributed by atoms with Crippen LogP contribution in [0.25, 0.3) is 0 Å². The third-order valence-corrected chi connectivity index (χ3v) is 4.05. The lowest BCUT2D eigenvalue weighted by Crippen LogP contribution is -2.65. The molecule has 0 saturated carbocycles. The molecule has 2 amide bonds. The molecule has 1 saturated heterocycles. The molecular formula is C17H24N2O8. The van der Waals surface area contributed by atoms with E-state index in [-0.39, 0.29) is 6.61 Å². The van der Waals surface area contributed by atoms with Crippen molar-refractivity contribution in [2.24, 2.45) is 0 Å². The Labute approximate surface area is 156 Å². The van der Waals surface area contributed by atoms with Crippen LogP contribution in [0.3, 0.4) is 0 Å². The molecule has 5 N–H and O–H groups in total. The summed E-state index contributed by atoms with van der Waals surface area (Å²) in [6.07, 6.45) is -5.66. The van der Waals surface area contributed by atoms with Gasteiger partial charge in [-0.2, -0.15) is 0 Å². The van der Waals surface area contributed by atoms with Crippen LogP contribution in [-0.4, -0.2) is 78.2 Å². The van der Waals surface area contributed by atoms with Crippen LogP contribution in [0, 0.1) is 0 Å². The molecule has 0 aliphatic carbocycles. The minimum absolute atomic E-state index is 0.0549. The van der Waals surface area contributed by atoms with Crippen LogP contribution in [-0.2, 0) is 25.6 Å². The number of aliphatic hydroxyl groups excluding tert-OH is 3. The van der Waals surface area contributed by atoms with Gasteiger partial charge in [-0.05, 0) is 5.56 Å². The van der Waals surface area contributed by atoms with Crippen LogP contribution in [0.4, 0.5) is 4.79 Å². The summed E-state index contributed by atoms with van der Waals surface area (Å²) in [5.74, 6) is -0.664. The number of carbonyl (C=O) groups is 2. The first-order chi connectivity index (χ1) is 13.0. The molecule has 2 rings (SSSR count). The van der Waals surface area contributed by atoms with Crippen molar-refractivity contribution in [1.82, 2.24) is 10.6 Å². The van der Waals surface area contributed by atoms with Crippen molar-refractivity contribution >= 4 is 12.0 Å². The van der Waals surface area contributed by atoms with Crippen LogP contribution in [0.2, 0.25) is 0 Å². The minimum Gasteiger partial charge on any atom is -0.445 e. The van der Waals surface area contributed by atoms with Crippen molar-refractivity contribution in [3.63, 3.8) is 0 Å². The van der Waals surface area contributed by atoms with Gasteiger partial charge in [-0.15, -0.1) is 0 Å². The van der Waals surface area contributed by atoms with Gasteiger partial charge in [0, 0.05) is 7.11 Å². The largest absolute Gasteiger partial charge is 0.445 e. The second-order valence-corrected chi connectivity index (χ2v) is 5.95. The predicted molar refractivity (Wildman–Crippen MR) is 91.3 cm³/mol. The third kappa shape index (κ3) is 5.88. The van der Waals surface area contributed by atoms with Gasteiger partial charge >= 0.3 is 6.09 Å². The van der Waals surface area contributed by atoms with Crippen molar-refractivity contribution in [2.75, 3.05) is 20.3 Å². The highest BCUT2D eigenvalue weighted by Crippen LogP contribution is 2.21. The Kier molecular flexibility index (Phi) is 7.95. The number of benzene rings is 1. The number of nitrogens with one attached hydrogen (secondary N) is 2. The van der Waals surface area contributed by atoms with E-state index in [4.69, 9.17) is 14.2 Å². The van der Waals surface area contributed by atoms with E-state index < -0.39 is 55.8 Å². The Bertz CT molecular complexity index is 598. The fourth-order valence-electron chi connectivity index (χ4n) is 2.62. The molecule has 0 radical (unpaired) electrons. The summed E-state index contributed by atoms with van der Waals surface area (Å²) in [5, 5.41) is 34.2. The van der Waals surface area contributed by atoms with Gasteiger partial charge in [0.2, 0.25) is 5.91 Å². The van der Waals surface area contributed by atoms with Crippen molar-refractivity contribution in [1.29, 1.82) is 0 Å². The Hall–Kier alpha value is -2.24. The number of hydrogen-bond donors (Lipinski definition) is 5. The monoisotopic (exact) mass is 384 g/mol. The maximum Gasteiger partial charge on any atom is 0.407 e. The summed E-state index contributed by atoms with van der Waals surface area (Å²) in [5.41, 5.74) is 0.797. The van der Waals surface area contributed by atoms with E-state index in [2.05, 4.69) is 10.6 Å². The lowest BCUT2D eigenvalue weighted by Gasteiger charge is -2.41. The average molecular weight is 384 g/mol. The summed E-state index contributed by atoms with van der Waals surface area (Å²) in [6.45, 7) is -0.893. The summed E-state index contributed by atoms with van der Waals surface area (Å²) in [6, 6.07) is 7.89. The fourth-order valence-corrected chi connectivity index (χ4v) is 2.62. The van der Waals surface area contributed by atoms with Crippen molar-refractivity contribution < 1.29 is 39.1 Å². The van der Waals surface area contributed by atoms with Gasteiger partial charge in [0.25, 0.3) is 0 Å². The number of carbonyl (C=O) groups excluding carboxylic acids is 2. The molecule has 1 fully saturated rings. The molecule has 1 aromatic carbocycles. The maximum atomic E-state index is 12.0. The molecule has 10 nitrogen and oxygen atoms in total. The van der Waals surface area contributed by atoms with Gasteiger partial charge in [0.15, 0.2) is 6.29 Å². The van der Waals surface area contributed by atoms with Gasteiger partial charge in [0.1, 0.15) is 31.5 Å². The predicted octanol–water partition coefficient (Wildman–Crippen LogP) is -1.52. The number of ether oxygens (including phenoxy) is 3. The van der Waals surface area contributed by atoms with Crippen LogP contribution in [0.1, 0.15) is 5.56 Å². The quantitative estimate of drug-likeness (QED) is 0.381. The molecule has 5 atom stereocenters. The second-order valence-electron chi connectivity index (χ2n) is 5.95. The van der Waals surface area contributed by atoms with E-state index >= 15 is 0 Å². The summed E-state index contributed by atoms with van der Waals surface area (Å²) in [4.78, 5) is 23.7. The van der Waals surface area contributed by atoms with Crippen molar-refractivity contribution in [2.45, 2.75) is 37.3 Å². The number of aliphatic hydroxyl groups is 3. The molecule has 10 heteroatoms. The van der Waals surface area contributed by atoms with Gasteiger partial charge in [-0.25, -0.2) is 4.79 Å². The molecule has 1 heterocycles. The molecular weight excluding hydrogens is 360 g/mol. The lowest BCUT2D eigenvalue weighted by atomic mass is 9.96. The van der Waals surface area contributed by atoms with E-state index in [1.54, 1.807) is 12.1 Å². The Balaban J connectivity index is 1.80. The number of methoxy groups -OCH3 is 1. The molecule has 0 bridgehead atoms. The second kappa shape index (κ2) is 10.2. The summed E-state index contributed by atoms with van der Waals surface area (Å²) >= 11 is 0. The normalized spacial score (nSPS) is 27.6. The fraction of sp³-hybridized carbons (Fsp3) is 0.529. The average Bonchev–Trinajstić information content (AvgIpc) is 2.69. The van der Waals surface area contributed by atoms with Crippen LogP contribution < -0.4 is 10.6 Å². The van der Waals surface area contributed by atoms with E-state index in [9.17, 15) is 24.9 Å². The molecule has 150 valence electrons. The smallest absolute Gasteiger partial charge is 0.407 e. The minimum atomic E-state index is -1.36. The first-order valence-electron chi connectivity index (χ1n) is 8.35. The molecule has 1 aliphatic rings. The Morgan fingerprint density at radius 3 is 2.52 bits per heavy atom. The molecule has 27 heavy (non-hydrogen) atoms. The number of rotatable bonds is 7. The van der Waals surface area contributed by atoms with E-state index in [0.29, 0.717) is 0 Å². The molecule has 0 spiro atoms. The summed E-state index contributed by atoms with van der Waals surface area (Å²) in [7, 11) is 1.28.